The van der Waals surface area contributed by atoms with Gasteiger partial charge >= 0.3 is 0 Å². The molecule has 2 aliphatic rings. The van der Waals surface area contributed by atoms with Gasteiger partial charge in [-0.15, -0.1) is 0 Å². The second-order valence-electron chi connectivity index (χ2n) is 3.89. The van der Waals surface area contributed by atoms with Gasteiger partial charge in [0.05, 0.1) is 11.4 Å². The molecule has 0 aromatic heterocycles. The normalized spacial score (nSPS) is 17.0. The summed E-state index contributed by atoms with van der Waals surface area (Å²) in [6.07, 6.45) is 1.10. The minimum absolute atomic E-state index is 1.03. The predicted molar refractivity (Wildman–Crippen MR) is 60.0 cm³/mol. The Balaban J connectivity index is 2.51. The van der Waals surface area contributed by atoms with Crippen molar-refractivity contribution >= 4 is 33.9 Å². The molecule has 0 fully saturated rings. The van der Waals surface area contributed by atoms with Crippen LogP contribution in [0.25, 0.3) is 11.1 Å². The first kappa shape index (κ1) is 8.12. The first-order valence-corrected chi connectivity index (χ1v) is 5.40. The summed E-state index contributed by atoms with van der Waals surface area (Å²) in [5.74, 6) is 0. The van der Waals surface area contributed by atoms with E-state index in [1.807, 2.05) is 0 Å². The van der Waals surface area contributed by atoms with Gasteiger partial charge in [-0.1, -0.05) is 11.1 Å². The third-order valence-electron chi connectivity index (χ3n) is 2.84. The average Bonchev–Trinajstić information content (AvgIpc) is 2.70. The van der Waals surface area contributed by atoms with E-state index in [0.717, 1.165) is 17.8 Å². The molecular weight excluding hydrogens is 192 g/mol. The van der Waals surface area contributed by atoms with Crippen LogP contribution in [-0.4, -0.2) is 0 Å². The molecule has 14 heavy (non-hydrogen) atoms. The Labute approximate surface area is 85.9 Å². The highest BCUT2D eigenvalue weighted by molar-refractivity contribution is 7.58. The van der Waals surface area contributed by atoms with Crippen molar-refractivity contribution in [1.29, 1.82) is 0 Å². The van der Waals surface area contributed by atoms with E-state index in [4.69, 9.17) is 0 Å². The molecule has 0 saturated carbocycles. The molecule has 1 aliphatic heterocycles. The summed E-state index contributed by atoms with van der Waals surface area (Å²) < 4.78 is 8.53. The molecule has 1 aromatic carbocycles. The van der Waals surface area contributed by atoms with Gasteiger partial charge in [-0.2, -0.15) is 8.73 Å². The van der Waals surface area contributed by atoms with Crippen molar-refractivity contribution in [2.75, 3.05) is 0 Å². The summed E-state index contributed by atoms with van der Waals surface area (Å²) >= 11 is 1.29. The van der Waals surface area contributed by atoms with Gasteiger partial charge < -0.3 is 0 Å². The fourth-order valence-corrected chi connectivity index (χ4v) is 2.64. The van der Waals surface area contributed by atoms with Crippen molar-refractivity contribution in [1.82, 2.24) is 0 Å². The maximum atomic E-state index is 4.26. The van der Waals surface area contributed by atoms with Crippen LogP contribution < -0.4 is 10.4 Å². The monoisotopic (exact) mass is 202 g/mol. The zero-order chi connectivity index (χ0) is 9.71. The first-order valence-electron chi connectivity index (χ1n) is 4.67. The third-order valence-corrected chi connectivity index (χ3v) is 3.40. The lowest BCUT2D eigenvalue weighted by Gasteiger charge is -1.94. The molecule has 3 rings (SSSR count). The van der Waals surface area contributed by atoms with E-state index in [9.17, 15) is 0 Å². The van der Waals surface area contributed by atoms with Crippen molar-refractivity contribution in [2.45, 2.75) is 20.3 Å². The third kappa shape index (κ3) is 0.960. The van der Waals surface area contributed by atoms with Crippen molar-refractivity contribution in [3.8, 4) is 0 Å². The summed E-state index contributed by atoms with van der Waals surface area (Å²) in [5.41, 5.74) is 4.96. The maximum Gasteiger partial charge on any atom is 0.105 e. The summed E-state index contributed by atoms with van der Waals surface area (Å²) in [7, 11) is 0. The van der Waals surface area contributed by atoms with Crippen LogP contribution in [0.3, 0.4) is 0 Å². The van der Waals surface area contributed by atoms with Crippen LogP contribution >= 0.6 is 0 Å². The Morgan fingerprint density at radius 1 is 1.00 bits per heavy atom. The SMILES string of the molecule is CC1=c2cc3c(cc2=C(C)C1)N=S=N3. The van der Waals surface area contributed by atoms with Crippen LogP contribution in [0.1, 0.15) is 20.3 Å². The van der Waals surface area contributed by atoms with Crippen molar-refractivity contribution in [3.05, 3.63) is 22.6 Å². The Morgan fingerprint density at radius 2 is 1.50 bits per heavy atom. The fourth-order valence-electron chi connectivity index (χ4n) is 2.13. The van der Waals surface area contributed by atoms with Crippen LogP contribution in [0.4, 0.5) is 11.4 Å². The van der Waals surface area contributed by atoms with Gasteiger partial charge in [0.25, 0.3) is 0 Å². The first-order chi connectivity index (χ1) is 6.75. The quantitative estimate of drug-likeness (QED) is 0.625. The van der Waals surface area contributed by atoms with E-state index < -0.39 is 0 Å². The van der Waals surface area contributed by atoms with Crippen molar-refractivity contribution < 1.29 is 0 Å². The summed E-state index contributed by atoms with van der Waals surface area (Å²) in [4.78, 5) is 0. The Bertz CT molecular complexity index is 568. The predicted octanol–water partition coefficient (Wildman–Crippen LogP) is 2.16. The van der Waals surface area contributed by atoms with E-state index in [2.05, 4.69) is 34.7 Å². The molecule has 3 heteroatoms. The smallest absolute Gasteiger partial charge is 0.105 e. The molecule has 0 atom stereocenters. The van der Waals surface area contributed by atoms with Crippen molar-refractivity contribution in [3.63, 3.8) is 0 Å². The summed E-state index contributed by atoms with van der Waals surface area (Å²) in [6, 6.07) is 4.33. The molecule has 1 aliphatic carbocycles. The topological polar surface area (TPSA) is 24.7 Å². The Kier molecular flexibility index (Phi) is 1.53. The van der Waals surface area contributed by atoms with Gasteiger partial charge in [-0.05, 0) is 42.8 Å². The summed E-state index contributed by atoms with van der Waals surface area (Å²) in [5, 5.41) is 2.73. The zero-order valence-electron chi connectivity index (χ0n) is 8.16. The zero-order valence-corrected chi connectivity index (χ0v) is 8.98. The van der Waals surface area contributed by atoms with E-state index >= 15 is 0 Å². The number of hydrogen-bond donors (Lipinski definition) is 0. The lowest BCUT2D eigenvalue weighted by atomic mass is 10.2. The molecule has 1 heterocycles. The molecule has 0 N–H and O–H groups in total. The van der Waals surface area contributed by atoms with Crippen LogP contribution in [0, 0.1) is 0 Å². The molecule has 70 valence electrons. The van der Waals surface area contributed by atoms with Crippen LogP contribution in [0.15, 0.2) is 20.9 Å². The van der Waals surface area contributed by atoms with E-state index in [0.29, 0.717) is 0 Å². The van der Waals surface area contributed by atoms with Gasteiger partial charge in [0, 0.05) is 0 Å². The molecule has 0 bridgehead atoms. The standard InChI is InChI=1S/C11H10N2S/c1-6-3-7(2)9-5-11-10(4-8(6)9)12-14-13-11/h4-5H,3H2,1-2H3. The van der Waals surface area contributed by atoms with Crippen LogP contribution in [0.5, 0.6) is 0 Å². The molecule has 0 spiro atoms. The minimum atomic E-state index is 1.03. The molecule has 0 saturated heterocycles. The fraction of sp³-hybridized carbons (Fsp3) is 0.273. The van der Waals surface area contributed by atoms with E-state index in [1.165, 1.54) is 32.9 Å². The molecular formula is C11H10N2S. The minimum Gasteiger partial charge on any atom is -0.173 e. The highest BCUT2D eigenvalue weighted by Gasteiger charge is 2.11. The van der Waals surface area contributed by atoms with E-state index in [-0.39, 0.29) is 0 Å². The summed E-state index contributed by atoms with van der Waals surface area (Å²) in [6.45, 7) is 4.39. The van der Waals surface area contributed by atoms with Gasteiger partial charge in [0.1, 0.15) is 11.4 Å². The number of fused-ring (bicyclic) bond motifs is 2. The van der Waals surface area contributed by atoms with Gasteiger partial charge in [0.2, 0.25) is 0 Å². The largest absolute Gasteiger partial charge is 0.173 e. The van der Waals surface area contributed by atoms with Gasteiger partial charge in [-0.25, -0.2) is 0 Å². The second kappa shape index (κ2) is 2.64. The van der Waals surface area contributed by atoms with Crippen LogP contribution in [-0.2, 0) is 11.4 Å². The highest BCUT2D eigenvalue weighted by Crippen LogP contribution is 2.29. The number of hydrogen-bond acceptors (Lipinski definition) is 2. The molecule has 0 amide bonds. The number of rotatable bonds is 0. The molecule has 0 unspecified atom stereocenters. The highest BCUT2D eigenvalue weighted by atomic mass is 32.1. The van der Waals surface area contributed by atoms with Crippen LogP contribution in [0.2, 0.25) is 0 Å². The average molecular weight is 202 g/mol. The Morgan fingerprint density at radius 3 is 2.00 bits per heavy atom. The molecule has 0 radical (unpaired) electrons. The number of nitrogens with zero attached hydrogens (tertiary/aromatic N) is 2. The van der Waals surface area contributed by atoms with Crippen molar-refractivity contribution in [2.24, 2.45) is 8.73 Å². The van der Waals surface area contributed by atoms with E-state index in [1.54, 1.807) is 0 Å². The lowest BCUT2D eigenvalue weighted by molar-refractivity contribution is 1.39. The Hall–Kier alpha value is -1.22. The molecule has 1 aromatic rings. The maximum absolute atomic E-state index is 4.26. The lowest BCUT2D eigenvalue weighted by Crippen LogP contribution is -2.22. The molecule has 2 nitrogen and oxygen atoms in total. The van der Waals surface area contributed by atoms with Gasteiger partial charge in [-0.3, -0.25) is 0 Å². The number of benzene rings is 1. The van der Waals surface area contributed by atoms with Gasteiger partial charge in [0.15, 0.2) is 0 Å². The second-order valence-corrected chi connectivity index (χ2v) is 4.42.